The van der Waals surface area contributed by atoms with E-state index < -0.39 is 6.09 Å². The van der Waals surface area contributed by atoms with Gasteiger partial charge in [0.25, 0.3) is 0 Å². The largest absolute Gasteiger partial charge is 0.443 e. The predicted molar refractivity (Wildman–Crippen MR) is 78.5 cm³/mol. The van der Waals surface area contributed by atoms with E-state index in [2.05, 4.69) is 15.6 Å². The summed E-state index contributed by atoms with van der Waals surface area (Å²) in [4.78, 5) is 11.4. The lowest BCUT2D eigenvalue weighted by Crippen LogP contribution is -2.27. The lowest BCUT2D eigenvalue weighted by molar-refractivity contribution is 0.137. The molecule has 0 spiro atoms. The number of halogens is 1. The maximum atomic E-state index is 13.1. The zero-order chi connectivity index (χ0) is 15.9. The number of hydrogen-bond acceptors (Lipinski definition) is 4. The van der Waals surface area contributed by atoms with Crippen LogP contribution in [-0.4, -0.2) is 27.6 Å². The molecule has 7 heteroatoms. The van der Waals surface area contributed by atoms with Gasteiger partial charge in [0.2, 0.25) is 0 Å². The quantitative estimate of drug-likeness (QED) is 0.889. The first-order chi connectivity index (χ1) is 10.5. The van der Waals surface area contributed by atoms with Crippen molar-refractivity contribution in [1.29, 1.82) is 0 Å². The lowest BCUT2D eigenvalue weighted by atomic mass is 10.2. The summed E-state index contributed by atoms with van der Waals surface area (Å²) in [6, 6.07) is 6.28. The number of alkyl carbamates (subject to hydrolysis) is 1. The van der Waals surface area contributed by atoms with Crippen LogP contribution in [-0.2, 0) is 17.9 Å². The van der Waals surface area contributed by atoms with E-state index in [-0.39, 0.29) is 12.4 Å². The Morgan fingerprint density at radius 3 is 3.00 bits per heavy atom. The van der Waals surface area contributed by atoms with Crippen molar-refractivity contribution < 1.29 is 13.9 Å². The number of nitrogens with zero attached hydrogens (tertiary/aromatic N) is 3. The third kappa shape index (κ3) is 5.16. The van der Waals surface area contributed by atoms with E-state index in [0.717, 1.165) is 5.56 Å². The zero-order valence-corrected chi connectivity index (χ0v) is 12.6. The van der Waals surface area contributed by atoms with Gasteiger partial charge in [0.15, 0.2) is 0 Å². The Bertz CT molecular complexity index is 628. The first-order valence-electron chi connectivity index (χ1n) is 7.07. The van der Waals surface area contributed by atoms with E-state index in [9.17, 15) is 9.18 Å². The highest BCUT2D eigenvalue weighted by molar-refractivity contribution is 5.67. The molecule has 2 aromatic rings. The molecule has 1 amide bonds. The summed E-state index contributed by atoms with van der Waals surface area (Å²) in [6.45, 7) is 5.01. The van der Waals surface area contributed by atoms with Gasteiger partial charge in [-0.05, 0) is 23.6 Å². The molecule has 1 aromatic carbocycles. The van der Waals surface area contributed by atoms with E-state index in [4.69, 9.17) is 4.74 Å². The number of carbonyl (C=O) groups is 1. The second-order valence-corrected chi connectivity index (χ2v) is 5.39. The van der Waals surface area contributed by atoms with E-state index in [1.165, 1.54) is 12.1 Å². The van der Waals surface area contributed by atoms with Gasteiger partial charge < -0.3 is 10.1 Å². The molecule has 0 fully saturated rings. The molecule has 0 aliphatic rings. The Morgan fingerprint density at radius 2 is 2.27 bits per heavy atom. The molecular formula is C15H19FN4O2. The molecule has 0 atom stereocenters. The standard InChI is InChI=1S/C15H19FN4O2/c1-11(2)7-17-15(21)22-10-14-9-20(19-18-14)8-12-4-3-5-13(16)6-12/h3-6,9,11H,7-8,10H2,1-2H3,(H,17,21). The third-order valence-electron chi connectivity index (χ3n) is 2.83. The van der Waals surface area contributed by atoms with Gasteiger partial charge in [-0.25, -0.2) is 13.9 Å². The van der Waals surface area contributed by atoms with Crippen molar-refractivity contribution >= 4 is 6.09 Å². The van der Waals surface area contributed by atoms with Crippen LogP contribution in [0.3, 0.4) is 0 Å². The number of aromatic nitrogens is 3. The fourth-order valence-corrected chi connectivity index (χ4v) is 1.78. The maximum absolute atomic E-state index is 13.1. The lowest BCUT2D eigenvalue weighted by Gasteiger charge is -2.07. The fraction of sp³-hybridized carbons (Fsp3) is 0.400. The molecule has 0 saturated heterocycles. The smallest absolute Gasteiger partial charge is 0.407 e. The first kappa shape index (κ1) is 15.9. The van der Waals surface area contributed by atoms with Crippen LogP contribution in [0, 0.1) is 11.7 Å². The Labute approximate surface area is 128 Å². The molecule has 1 N–H and O–H groups in total. The van der Waals surface area contributed by atoms with Crippen molar-refractivity contribution in [1.82, 2.24) is 20.3 Å². The summed E-state index contributed by atoms with van der Waals surface area (Å²) in [5.74, 6) is 0.0719. The van der Waals surface area contributed by atoms with Gasteiger partial charge in [0, 0.05) is 6.54 Å². The Morgan fingerprint density at radius 1 is 1.45 bits per heavy atom. The Balaban J connectivity index is 1.82. The Hall–Kier alpha value is -2.44. The highest BCUT2D eigenvalue weighted by Gasteiger charge is 2.07. The van der Waals surface area contributed by atoms with Gasteiger partial charge in [-0.2, -0.15) is 0 Å². The maximum Gasteiger partial charge on any atom is 0.407 e. The van der Waals surface area contributed by atoms with E-state index >= 15 is 0 Å². The van der Waals surface area contributed by atoms with Crippen molar-refractivity contribution in [3.63, 3.8) is 0 Å². The third-order valence-corrected chi connectivity index (χ3v) is 2.83. The van der Waals surface area contributed by atoms with Crippen molar-refractivity contribution in [3.8, 4) is 0 Å². The zero-order valence-electron chi connectivity index (χ0n) is 12.6. The van der Waals surface area contributed by atoms with Gasteiger partial charge >= 0.3 is 6.09 Å². The molecule has 0 saturated carbocycles. The molecule has 1 heterocycles. The molecule has 1 aromatic heterocycles. The summed E-state index contributed by atoms with van der Waals surface area (Å²) < 4.78 is 19.7. The van der Waals surface area contributed by atoms with Crippen LogP contribution in [0.1, 0.15) is 25.1 Å². The summed E-state index contributed by atoms with van der Waals surface area (Å²) in [5, 5.41) is 10.5. The molecule has 0 aliphatic heterocycles. The second-order valence-electron chi connectivity index (χ2n) is 5.39. The van der Waals surface area contributed by atoms with Crippen molar-refractivity contribution in [2.45, 2.75) is 27.0 Å². The Kier molecular flexibility index (Phi) is 5.46. The molecule has 0 aliphatic carbocycles. The average Bonchev–Trinajstić information content (AvgIpc) is 2.90. The topological polar surface area (TPSA) is 69.0 Å². The number of carbonyl (C=O) groups excluding carboxylic acids is 1. The van der Waals surface area contributed by atoms with Crippen molar-refractivity contribution in [2.75, 3.05) is 6.54 Å². The molecule has 0 bridgehead atoms. The van der Waals surface area contributed by atoms with Crippen LogP contribution in [0.5, 0.6) is 0 Å². The summed E-state index contributed by atoms with van der Waals surface area (Å²) in [7, 11) is 0. The van der Waals surface area contributed by atoms with Crippen molar-refractivity contribution in [3.05, 3.63) is 47.5 Å². The summed E-state index contributed by atoms with van der Waals surface area (Å²) >= 11 is 0. The minimum Gasteiger partial charge on any atom is -0.443 e. The van der Waals surface area contributed by atoms with Gasteiger partial charge in [-0.15, -0.1) is 5.10 Å². The van der Waals surface area contributed by atoms with Gasteiger partial charge in [-0.1, -0.05) is 31.2 Å². The number of hydrogen-bond donors (Lipinski definition) is 1. The van der Waals surface area contributed by atoms with Crippen LogP contribution < -0.4 is 5.32 Å². The number of nitrogens with one attached hydrogen (secondary N) is 1. The normalized spacial score (nSPS) is 10.7. The summed E-state index contributed by atoms with van der Waals surface area (Å²) in [6.07, 6.45) is 1.19. The molecule has 2 rings (SSSR count). The molecule has 118 valence electrons. The second kappa shape index (κ2) is 7.53. The van der Waals surface area contributed by atoms with E-state index in [1.54, 1.807) is 23.0 Å². The SMILES string of the molecule is CC(C)CNC(=O)OCc1cn(Cc2cccc(F)c2)nn1. The fourth-order valence-electron chi connectivity index (χ4n) is 1.78. The highest BCUT2D eigenvalue weighted by atomic mass is 19.1. The number of benzene rings is 1. The molecule has 0 radical (unpaired) electrons. The van der Waals surface area contributed by atoms with Gasteiger partial charge in [0.1, 0.15) is 18.1 Å². The number of rotatable bonds is 6. The van der Waals surface area contributed by atoms with E-state index in [1.807, 2.05) is 13.8 Å². The molecular weight excluding hydrogens is 287 g/mol. The van der Waals surface area contributed by atoms with Crippen LogP contribution in [0.15, 0.2) is 30.5 Å². The van der Waals surface area contributed by atoms with Gasteiger partial charge in [0.05, 0.1) is 12.7 Å². The minimum absolute atomic E-state index is 0.0487. The first-order valence-corrected chi connectivity index (χ1v) is 7.07. The predicted octanol–water partition coefficient (Wildman–Crippen LogP) is 2.35. The van der Waals surface area contributed by atoms with Gasteiger partial charge in [-0.3, -0.25) is 0 Å². The van der Waals surface area contributed by atoms with Crippen molar-refractivity contribution in [2.24, 2.45) is 5.92 Å². The van der Waals surface area contributed by atoms with Crippen LogP contribution in [0.4, 0.5) is 9.18 Å². The van der Waals surface area contributed by atoms with Crippen LogP contribution in [0.25, 0.3) is 0 Å². The van der Waals surface area contributed by atoms with Crippen LogP contribution in [0.2, 0.25) is 0 Å². The minimum atomic E-state index is -0.478. The molecule has 6 nitrogen and oxygen atoms in total. The summed E-state index contributed by atoms with van der Waals surface area (Å²) in [5.41, 5.74) is 1.32. The number of amides is 1. The number of ether oxygens (including phenoxy) is 1. The van der Waals surface area contributed by atoms with Crippen LogP contribution >= 0.6 is 0 Å². The molecule has 22 heavy (non-hydrogen) atoms. The average molecular weight is 306 g/mol. The highest BCUT2D eigenvalue weighted by Crippen LogP contribution is 2.06. The van der Waals surface area contributed by atoms with E-state index in [0.29, 0.717) is 24.7 Å². The monoisotopic (exact) mass is 306 g/mol. The molecule has 0 unspecified atom stereocenters.